The third-order valence-electron chi connectivity index (χ3n) is 2.61. The number of para-hydroxylation sites is 1. The van der Waals surface area contributed by atoms with Crippen LogP contribution in [0.25, 0.3) is 10.9 Å². The molecule has 2 rings (SSSR count). The lowest BCUT2D eigenvalue weighted by molar-refractivity contribution is 0.0188. The highest BCUT2D eigenvalue weighted by atomic mass is 19.3. The van der Waals surface area contributed by atoms with E-state index in [4.69, 9.17) is 0 Å². The SMILES string of the molecule is O=C(NCCOCC(F)F)c1c[nH]c2ccccc12. The molecule has 0 aliphatic heterocycles. The summed E-state index contributed by atoms with van der Waals surface area (Å²) in [7, 11) is 0. The Bertz CT molecular complexity index is 554. The average molecular weight is 268 g/mol. The van der Waals surface area contributed by atoms with E-state index < -0.39 is 13.0 Å². The van der Waals surface area contributed by atoms with Gasteiger partial charge in [0, 0.05) is 23.6 Å². The van der Waals surface area contributed by atoms with Gasteiger partial charge in [-0.1, -0.05) is 18.2 Å². The first-order valence-electron chi connectivity index (χ1n) is 5.88. The van der Waals surface area contributed by atoms with E-state index in [9.17, 15) is 13.6 Å². The summed E-state index contributed by atoms with van der Waals surface area (Å²) >= 11 is 0. The van der Waals surface area contributed by atoms with Crippen LogP contribution in [0.15, 0.2) is 30.5 Å². The van der Waals surface area contributed by atoms with E-state index in [-0.39, 0.29) is 19.1 Å². The second-order valence-corrected chi connectivity index (χ2v) is 3.97. The average Bonchev–Trinajstić information content (AvgIpc) is 2.81. The zero-order valence-corrected chi connectivity index (χ0v) is 10.2. The molecule has 0 atom stereocenters. The molecular weight excluding hydrogens is 254 g/mol. The first kappa shape index (κ1) is 13.5. The molecule has 6 heteroatoms. The van der Waals surface area contributed by atoms with E-state index in [2.05, 4.69) is 15.0 Å². The molecule has 4 nitrogen and oxygen atoms in total. The minimum Gasteiger partial charge on any atom is -0.374 e. The predicted molar refractivity (Wildman–Crippen MR) is 67.5 cm³/mol. The standard InChI is InChI=1S/C13H14F2N2O2/c14-12(15)8-19-6-5-16-13(18)10-7-17-11-4-2-1-3-9(10)11/h1-4,7,12,17H,5-6,8H2,(H,16,18). The molecule has 0 spiro atoms. The van der Waals surface area contributed by atoms with Crippen molar-refractivity contribution in [3.63, 3.8) is 0 Å². The Kier molecular flexibility index (Phi) is 4.46. The van der Waals surface area contributed by atoms with Gasteiger partial charge in [-0.25, -0.2) is 8.78 Å². The zero-order valence-electron chi connectivity index (χ0n) is 10.2. The van der Waals surface area contributed by atoms with E-state index in [0.717, 1.165) is 10.9 Å². The van der Waals surface area contributed by atoms with Crippen molar-refractivity contribution in [3.05, 3.63) is 36.0 Å². The van der Waals surface area contributed by atoms with Gasteiger partial charge in [-0.15, -0.1) is 0 Å². The van der Waals surface area contributed by atoms with Crippen LogP contribution >= 0.6 is 0 Å². The maximum Gasteiger partial charge on any atom is 0.261 e. The molecule has 0 saturated heterocycles. The summed E-state index contributed by atoms with van der Waals surface area (Å²) in [6.07, 6.45) is -0.857. The Labute approximate surface area is 108 Å². The summed E-state index contributed by atoms with van der Waals surface area (Å²) in [6.45, 7) is -0.341. The van der Waals surface area contributed by atoms with Crippen LogP contribution < -0.4 is 5.32 Å². The van der Waals surface area contributed by atoms with Crippen molar-refractivity contribution in [1.82, 2.24) is 10.3 Å². The monoisotopic (exact) mass is 268 g/mol. The van der Waals surface area contributed by atoms with Gasteiger partial charge in [0.25, 0.3) is 12.3 Å². The Morgan fingerprint density at radius 2 is 2.16 bits per heavy atom. The van der Waals surface area contributed by atoms with Crippen molar-refractivity contribution < 1.29 is 18.3 Å². The molecular formula is C13H14F2N2O2. The zero-order chi connectivity index (χ0) is 13.7. The van der Waals surface area contributed by atoms with Gasteiger partial charge in [0.1, 0.15) is 6.61 Å². The lowest BCUT2D eigenvalue weighted by atomic mass is 10.1. The Morgan fingerprint density at radius 3 is 2.95 bits per heavy atom. The number of amides is 1. The number of aromatic amines is 1. The van der Waals surface area contributed by atoms with Crippen LogP contribution in [0.1, 0.15) is 10.4 Å². The van der Waals surface area contributed by atoms with Crippen molar-refractivity contribution in [2.45, 2.75) is 6.43 Å². The van der Waals surface area contributed by atoms with Crippen LogP contribution in [0.4, 0.5) is 8.78 Å². The first-order valence-corrected chi connectivity index (χ1v) is 5.88. The van der Waals surface area contributed by atoms with Gasteiger partial charge in [-0.2, -0.15) is 0 Å². The third-order valence-corrected chi connectivity index (χ3v) is 2.61. The highest BCUT2D eigenvalue weighted by molar-refractivity contribution is 6.06. The molecule has 0 unspecified atom stereocenters. The largest absolute Gasteiger partial charge is 0.374 e. The third kappa shape index (κ3) is 3.51. The van der Waals surface area contributed by atoms with E-state index in [0.29, 0.717) is 5.56 Å². The van der Waals surface area contributed by atoms with Gasteiger partial charge >= 0.3 is 0 Å². The molecule has 102 valence electrons. The number of H-pyrrole nitrogens is 1. The molecule has 1 amide bonds. The molecule has 0 aliphatic rings. The van der Waals surface area contributed by atoms with Crippen LogP contribution in [0.2, 0.25) is 0 Å². The summed E-state index contributed by atoms with van der Waals surface area (Å²) in [5.74, 6) is -0.252. The lowest BCUT2D eigenvalue weighted by Crippen LogP contribution is -2.27. The fraction of sp³-hybridized carbons (Fsp3) is 0.308. The predicted octanol–water partition coefficient (Wildman–Crippen LogP) is 2.18. The lowest BCUT2D eigenvalue weighted by Gasteiger charge is -2.05. The van der Waals surface area contributed by atoms with Gasteiger partial charge in [-0.3, -0.25) is 4.79 Å². The minimum absolute atomic E-state index is 0.0679. The number of nitrogens with one attached hydrogen (secondary N) is 2. The van der Waals surface area contributed by atoms with Crippen LogP contribution in [0.5, 0.6) is 0 Å². The molecule has 0 saturated carbocycles. The molecule has 1 aromatic heterocycles. The number of ether oxygens (including phenoxy) is 1. The molecule has 2 N–H and O–H groups in total. The number of hydrogen-bond donors (Lipinski definition) is 2. The topological polar surface area (TPSA) is 54.1 Å². The quantitative estimate of drug-likeness (QED) is 0.789. The van der Waals surface area contributed by atoms with Crippen LogP contribution in [0.3, 0.4) is 0 Å². The highest BCUT2D eigenvalue weighted by Gasteiger charge is 2.10. The fourth-order valence-corrected chi connectivity index (χ4v) is 1.76. The highest BCUT2D eigenvalue weighted by Crippen LogP contribution is 2.17. The van der Waals surface area contributed by atoms with Crippen molar-refractivity contribution >= 4 is 16.8 Å². The summed E-state index contributed by atoms with van der Waals surface area (Å²) in [4.78, 5) is 14.9. The van der Waals surface area contributed by atoms with Gasteiger partial charge in [0.2, 0.25) is 0 Å². The number of hydrogen-bond acceptors (Lipinski definition) is 2. The summed E-state index contributed by atoms with van der Waals surface area (Å²) in [6, 6.07) is 7.43. The van der Waals surface area contributed by atoms with Gasteiger partial charge in [0.05, 0.1) is 12.2 Å². The van der Waals surface area contributed by atoms with Gasteiger partial charge in [0.15, 0.2) is 0 Å². The van der Waals surface area contributed by atoms with Crippen molar-refractivity contribution in [2.24, 2.45) is 0 Å². The number of carbonyl (C=O) groups is 1. The molecule has 0 radical (unpaired) electrons. The number of aromatic nitrogens is 1. The number of carbonyl (C=O) groups excluding carboxylic acids is 1. The van der Waals surface area contributed by atoms with Gasteiger partial charge < -0.3 is 15.0 Å². The normalized spacial score (nSPS) is 11.1. The number of rotatable bonds is 6. The Balaban J connectivity index is 1.86. The number of benzene rings is 1. The van der Waals surface area contributed by atoms with Gasteiger partial charge in [-0.05, 0) is 6.07 Å². The van der Waals surface area contributed by atoms with Crippen molar-refractivity contribution in [3.8, 4) is 0 Å². The second kappa shape index (κ2) is 6.29. The molecule has 2 aromatic rings. The minimum atomic E-state index is -2.48. The van der Waals surface area contributed by atoms with E-state index in [1.807, 2.05) is 24.3 Å². The maximum absolute atomic E-state index is 11.9. The van der Waals surface area contributed by atoms with Crippen LogP contribution in [0, 0.1) is 0 Å². The van der Waals surface area contributed by atoms with Crippen molar-refractivity contribution in [1.29, 1.82) is 0 Å². The van der Waals surface area contributed by atoms with E-state index >= 15 is 0 Å². The molecule has 0 bridgehead atoms. The first-order chi connectivity index (χ1) is 9.18. The van der Waals surface area contributed by atoms with Crippen LogP contribution in [-0.4, -0.2) is 37.1 Å². The molecule has 19 heavy (non-hydrogen) atoms. The molecule has 0 fully saturated rings. The number of halogens is 2. The van der Waals surface area contributed by atoms with E-state index in [1.165, 1.54) is 0 Å². The molecule has 1 heterocycles. The van der Waals surface area contributed by atoms with Crippen LogP contribution in [-0.2, 0) is 4.74 Å². The number of fused-ring (bicyclic) bond motifs is 1. The number of alkyl halides is 2. The summed E-state index contributed by atoms with van der Waals surface area (Å²) < 4.78 is 28.3. The molecule has 0 aliphatic carbocycles. The van der Waals surface area contributed by atoms with Crippen molar-refractivity contribution in [2.75, 3.05) is 19.8 Å². The van der Waals surface area contributed by atoms with E-state index in [1.54, 1.807) is 6.20 Å². The fourth-order valence-electron chi connectivity index (χ4n) is 1.76. The maximum atomic E-state index is 11.9. The summed E-state index contributed by atoms with van der Waals surface area (Å²) in [5, 5.41) is 3.45. The smallest absolute Gasteiger partial charge is 0.261 e. The second-order valence-electron chi connectivity index (χ2n) is 3.97. The summed E-state index contributed by atoms with van der Waals surface area (Å²) in [5.41, 5.74) is 1.41. The Morgan fingerprint density at radius 1 is 1.37 bits per heavy atom. The Hall–Kier alpha value is -1.95. The molecule has 1 aromatic carbocycles.